The summed E-state index contributed by atoms with van der Waals surface area (Å²) in [5.74, 6) is -0.158. The molecular weight excluding hydrogens is 300 g/mol. The van der Waals surface area contributed by atoms with E-state index in [1.54, 1.807) is 29.2 Å². The molecule has 5 nitrogen and oxygen atoms in total. The van der Waals surface area contributed by atoms with Crippen LogP contribution < -0.4 is 0 Å². The normalized spacial score (nSPS) is 19.0. The predicted molar refractivity (Wildman–Crippen MR) is 86.0 cm³/mol. The number of likely N-dealkylation sites (N-methyl/N-ethyl adjacent to an activating group) is 1. The maximum Gasteiger partial charge on any atom is 0.243 e. The molecule has 1 aliphatic heterocycles. The molecule has 2 rings (SSSR count). The van der Waals surface area contributed by atoms with E-state index in [0.717, 1.165) is 11.1 Å². The van der Waals surface area contributed by atoms with Crippen molar-refractivity contribution in [3.63, 3.8) is 0 Å². The van der Waals surface area contributed by atoms with Crippen LogP contribution in [0.2, 0.25) is 0 Å². The van der Waals surface area contributed by atoms with Gasteiger partial charge in [0.2, 0.25) is 15.9 Å². The number of benzene rings is 1. The molecule has 1 heterocycles. The van der Waals surface area contributed by atoms with Gasteiger partial charge >= 0.3 is 0 Å². The number of carbonyl (C=O) groups is 1. The number of hydrogen-bond acceptors (Lipinski definition) is 3. The van der Waals surface area contributed by atoms with Crippen LogP contribution in [-0.2, 0) is 14.8 Å². The standard InChI is InChI=1S/C16H22N2O3S/c1-5-9-18-10-8-15(16(18)19)17(4)22(20,21)14-7-6-12(2)13(3)11-14/h5-7,11,15H,1,8-10H2,2-4H3. The largest absolute Gasteiger partial charge is 0.338 e. The summed E-state index contributed by atoms with van der Waals surface area (Å²) in [4.78, 5) is 14.2. The lowest BCUT2D eigenvalue weighted by atomic mass is 10.1. The first-order valence-corrected chi connectivity index (χ1v) is 8.68. The molecular formula is C16H22N2O3S. The first-order chi connectivity index (χ1) is 10.3. The highest BCUT2D eigenvalue weighted by atomic mass is 32.2. The van der Waals surface area contributed by atoms with Crippen molar-refractivity contribution in [2.45, 2.75) is 31.2 Å². The Morgan fingerprint density at radius 1 is 1.36 bits per heavy atom. The maximum absolute atomic E-state index is 12.7. The second-order valence-corrected chi connectivity index (χ2v) is 7.64. The van der Waals surface area contributed by atoms with E-state index in [0.29, 0.717) is 19.5 Å². The molecule has 1 aromatic carbocycles. The van der Waals surface area contributed by atoms with E-state index in [1.165, 1.54) is 11.4 Å². The first kappa shape index (κ1) is 16.7. The van der Waals surface area contributed by atoms with Gasteiger partial charge in [0.1, 0.15) is 6.04 Å². The number of amides is 1. The van der Waals surface area contributed by atoms with Crippen LogP contribution >= 0.6 is 0 Å². The molecule has 1 unspecified atom stereocenters. The highest BCUT2D eigenvalue weighted by Gasteiger charge is 2.39. The lowest BCUT2D eigenvalue weighted by Crippen LogP contribution is -2.42. The van der Waals surface area contributed by atoms with Crippen molar-refractivity contribution in [3.8, 4) is 0 Å². The van der Waals surface area contributed by atoms with Crippen LogP contribution in [0.3, 0.4) is 0 Å². The van der Waals surface area contributed by atoms with Crippen LogP contribution in [0.15, 0.2) is 35.7 Å². The van der Waals surface area contributed by atoms with Gasteiger partial charge in [-0.1, -0.05) is 12.1 Å². The van der Waals surface area contributed by atoms with Gasteiger partial charge in [-0.3, -0.25) is 4.79 Å². The smallest absolute Gasteiger partial charge is 0.243 e. The highest BCUT2D eigenvalue weighted by molar-refractivity contribution is 7.89. The van der Waals surface area contributed by atoms with E-state index in [4.69, 9.17) is 0 Å². The van der Waals surface area contributed by atoms with Gasteiger partial charge in [-0.25, -0.2) is 8.42 Å². The molecule has 0 aliphatic carbocycles. The van der Waals surface area contributed by atoms with Gasteiger partial charge in [0.15, 0.2) is 0 Å². The minimum absolute atomic E-state index is 0.158. The minimum atomic E-state index is -3.67. The van der Waals surface area contributed by atoms with E-state index < -0.39 is 16.1 Å². The second kappa shape index (κ2) is 6.22. The number of sulfonamides is 1. The molecule has 1 saturated heterocycles. The van der Waals surface area contributed by atoms with Crippen LogP contribution in [0, 0.1) is 13.8 Å². The van der Waals surface area contributed by atoms with Gasteiger partial charge < -0.3 is 4.90 Å². The molecule has 1 aromatic rings. The Labute approximate surface area is 132 Å². The lowest BCUT2D eigenvalue weighted by Gasteiger charge is -2.23. The fraction of sp³-hybridized carbons (Fsp3) is 0.438. The van der Waals surface area contributed by atoms with E-state index in [2.05, 4.69) is 6.58 Å². The topological polar surface area (TPSA) is 57.7 Å². The molecule has 1 atom stereocenters. The van der Waals surface area contributed by atoms with Gasteiger partial charge in [-0.15, -0.1) is 6.58 Å². The van der Waals surface area contributed by atoms with Crippen molar-refractivity contribution in [3.05, 3.63) is 42.0 Å². The SMILES string of the molecule is C=CCN1CCC(N(C)S(=O)(=O)c2ccc(C)c(C)c2)C1=O. The molecule has 0 radical (unpaired) electrons. The first-order valence-electron chi connectivity index (χ1n) is 7.24. The lowest BCUT2D eigenvalue weighted by molar-refractivity contribution is -0.130. The molecule has 1 amide bonds. The summed E-state index contributed by atoms with van der Waals surface area (Å²) in [6, 6.07) is 4.40. The maximum atomic E-state index is 12.7. The van der Waals surface area contributed by atoms with Crippen molar-refractivity contribution in [2.24, 2.45) is 0 Å². The highest BCUT2D eigenvalue weighted by Crippen LogP contribution is 2.24. The fourth-order valence-electron chi connectivity index (χ4n) is 2.61. The summed E-state index contributed by atoms with van der Waals surface area (Å²) < 4.78 is 26.7. The Morgan fingerprint density at radius 3 is 2.64 bits per heavy atom. The molecule has 6 heteroatoms. The summed E-state index contributed by atoms with van der Waals surface area (Å²) in [5, 5.41) is 0. The average Bonchev–Trinajstić information content (AvgIpc) is 2.82. The molecule has 0 bridgehead atoms. The van der Waals surface area contributed by atoms with Crippen LogP contribution in [0.25, 0.3) is 0 Å². The number of likely N-dealkylation sites (tertiary alicyclic amines) is 1. The van der Waals surface area contributed by atoms with Gasteiger partial charge in [-0.05, 0) is 43.5 Å². The summed E-state index contributed by atoms with van der Waals surface area (Å²) in [6.07, 6.45) is 2.16. The fourth-order valence-corrected chi connectivity index (χ4v) is 4.03. The Hall–Kier alpha value is -1.66. The Morgan fingerprint density at radius 2 is 2.05 bits per heavy atom. The van der Waals surface area contributed by atoms with E-state index in [-0.39, 0.29) is 10.8 Å². The number of nitrogens with zero attached hydrogens (tertiary/aromatic N) is 2. The summed E-state index contributed by atoms with van der Waals surface area (Å²) in [6.45, 7) is 8.44. The van der Waals surface area contributed by atoms with Crippen molar-refractivity contribution >= 4 is 15.9 Å². The Balaban J connectivity index is 2.28. The van der Waals surface area contributed by atoms with Crippen LogP contribution in [0.4, 0.5) is 0 Å². The van der Waals surface area contributed by atoms with Gasteiger partial charge in [0, 0.05) is 20.1 Å². The Kier molecular flexibility index (Phi) is 4.72. The third kappa shape index (κ3) is 2.94. The molecule has 0 spiro atoms. The van der Waals surface area contributed by atoms with Crippen molar-refractivity contribution in [2.75, 3.05) is 20.1 Å². The monoisotopic (exact) mass is 322 g/mol. The van der Waals surface area contributed by atoms with Crippen LogP contribution in [0.1, 0.15) is 17.5 Å². The van der Waals surface area contributed by atoms with Gasteiger partial charge in [0.05, 0.1) is 4.90 Å². The summed E-state index contributed by atoms with van der Waals surface area (Å²) >= 11 is 0. The van der Waals surface area contributed by atoms with E-state index in [9.17, 15) is 13.2 Å². The molecule has 120 valence electrons. The third-order valence-corrected chi connectivity index (χ3v) is 6.08. The quantitative estimate of drug-likeness (QED) is 0.776. The summed E-state index contributed by atoms with van der Waals surface area (Å²) in [7, 11) is -2.20. The zero-order chi connectivity index (χ0) is 16.5. The van der Waals surface area contributed by atoms with E-state index >= 15 is 0 Å². The number of aryl methyl sites for hydroxylation is 2. The Bertz CT molecular complexity index is 697. The van der Waals surface area contributed by atoms with E-state index in [1.807, 2.05) is 13.8 Å². The zero-order valence-corrected chi connectivity index (χ0v) is 14.1. The molecule has 1 aliphatic rings. The minimum Gasteiger partial charge on any atom is -0.338 e. The molecule has 0 saturated carbocycles. The van der Waals surface area contributed by atoms with Crippen molar-refractivity contribution in [1.82, 2.24) is 9.21 Å². The molecule has 1 fully saturated rings. The van der Waals surface area contributed by atoms with Crippen LogP contribution in [0.5, 0.6) is 0 Å². The molecule has 0 aromatic heterocycles. The molecule has 22 heavy (non-hydrogen) atoms. The van der Waals surface area contributed by atoms with Gasteiger partial charge in [-0.2, -0.15) is 4.31 Å². The zero-order valence-electron chi connectivity index (χ0n) is 13.2. The van der Waals surface area contributed by atoms with Crippen molar-refractivity contribution < 1.29 is 13.2 Å². The average molecular weight is 322 g/mol. The predicted octanol–water partition coefficient (Wildman–Crippen LogP) is 1.71. The third-order valence-electron chi connectivity index (χ3n) is 4.21. The number of hydrogen-bond donors (Lipinski definition) is 0. The van der Waals surface area contributed by atoms with Crippen LogP contribution in [-0.4, -0.2) is 49.7 Å². The van der Waals surface area contributed by atoms with Crippen molar-refractivity contribution in [1.29, 1.82) is 0 Å². The van der Waals surface area contributed by atoms with Gasteiger partial charge in [0.25, 0.3) is 0 Å². The number of rotatable bonds is 5. The summed E-state index contributed by atoms with van der Waals surface area (Å²) in [5.41, 5.74) is 1.95. The molecule has 0 N–H and O–H groups in total. The second-order valence-electron chi connectivity index (χ2n) is 5.64. The number of carbonyl (C=O) groups excluding carboxylic acids is 1.